The van der Waals surface area contributed by atoms with E-state index in [0.717, 1.165) is 24.1 Å². The topological polar surface area (TPSA) is 102 Å². The number of carbonyl (C=O) groups excluding carboxylic acids is 1. The number of alkyl halides is 3. The zero-order chi connectivity index (χ0) is 24.0. The number of methoxy groups -OCH3 is 1. The van der Waals surface area contributed by atoms with E-state index in [1.807, 2.05) is 0 Å². The van der Waals surface area contributed by atoms with Crippen LogP contribution in [0.1, 0.15) is 16.8 Å². The molecule has 3 aromatic rings. The summed E-state index contributed by atoms with van der Waals surface area (Å²) in [5.41, 5.74) is 0.648. The van der Waals surface area contributed by atoms with Gasteiger partial charge in [-0.2, -0.15) is 13.2 Å². The van der Waals surface area contributed by atoms with Crippen molar-refractivity contribution in [3.8, 4) is 17.2 Å². The largest absolute Gasteiger partial charge is 0.487 e. The van der Waals surface area contributed by atoms with Crippen LogP contribution in [0, 0.1) is 0 Å². The first-order valence-corrected chi connectivity index (χ1v) is 9.54. The molecule has 0 unspecified atom stereocenters. The van der Waals surface area contributed by atoms with Crippen LogP contribution in [0.4, 0.5) is 18.0 Å². The summed E-state index contributed by atoms with van der Waals surface area (Å²) in [6, 6.07) is 11.1. The van der Waals surface area contributed by atoms with E-state index in [-0.39, 0.29) is 19.0 Å². The van der Waals surface area contributed by atoms with Crippen LogP contribution in [-0.2, 0) is 28.9 Å². The average Bonchev–Trinajstić information content (AvgIpc) is 3.25. The van der Waals surface area contributed by atoms with Gasteiger partial charge < -0.3 is 19.0 Å². The number of rotatable bonds is 8. The van der Waals surface area contributed by atoms with Crippen LogP contribution >= 0.6 is 0 Å². The van der Waals surface area contributed by atoms with E-state index in [2.05, 4.69) is 9.72 Å². The molecule has 0 fully saturated rings. The Morgan fingerprint density at radius 1 is 1.15 bits per heavy atom. The molecule has 1 amide bonds. The maximum Gasteiger partial charge on any atom is 0.416 e. The molecule has 33 heavy (non-hydrogen) atoms. The number of carboxylic acid groups (broad SMARTS) is 1. The highest BCUT2D eigenvalue weighted by molar-refractivity contribution is 5.76. The van der Waals surface area contributed by atoms with Gasteiger partial charge in [-0.1, -0.05) is 12.1 Å². The van der Waals surface area contributed by atoms with Crippen molar-refractivity contribution in [3.63, 3.8) is 0 Å². The van der Waals surface area contributed by atoms with E-state index in [0.29, 0.717) is 22.6 Å². The molecule has 0 aliphatic rings. The number of aromatic nitrogens is 1. The molecule has 0 aliphatic carbocycles. The Labute approximate surface area is 186 Å². The molecule has 1 aromatic heterocycles. The summed E-state index contributed by atoms with van der Waals surface area (Å²) < 4.78 is 53.7. The highest BCUT2D eigenvalue weighted by atomic mass is 19.4. The van der Waals surface area contributed by atoms with E-state index >= 15 is 0 Å². The molecule has 2 aromatic carbocycles. The summed E-state index contributed by atoms with van der Waals surface area (Å²) in [4.78, 5) is 28.0. The molecule has 0 saturated carbocycles. The zero-order valence-corrected chi connectivity index (χ0v) is 17.3. The molecular formula is C22H19F3N2O6. The second-order valence-corrected chi connectivity index (χ2v) is 6.88. The number of benzene rings is 2. The van der Waals surface area contributed by atoms with Crippen LogP contribution in [0.2, 0.25) is 0 Å². The van der Waals surface area contributed by atoms with E-state index in [1.54, 1.807) is 24.3 Å². The zero-order valence-electron chi connectivity index (χ0n) is 17.3. The molecule has 11 heteroatoms. The van der Waals surface area contributed by atoms with Gasteiger partial charge in [-0.15, -0.1) is 0 Å². The van der Waals surface area contributed by atoms with E-state index in [9.17, 15) is 22.8 Å². The number of ether oxygens (including phenoxy) is 2. The van der Waals surface area contributed by atoms with Gasteiger partial charge in [-0.3, -0.25) is 9.69 Å². The normalized spacial score (nSPS) is 11.2. The van der Waals surface area contributed by atoms with Crippen LogP contribution in [0.15, 0.2) is 59.2 Å². The maximum absolute atomic E-state index is 12.7. The minimum Gasteiger partial charge on any atom is -0.487 e. The third kappa shape index (κ3) is 6.48. The number of nitrogens with zero attached hydrogens (tertiary/aromatic N) is 2. The quantitative estimate of drug-likeness (QED) is 0.520. The lowest BCUT2D eigenvalue weighted by molar-refractivity contribution is -0.138. The summed E-state index contributed by atoms with van der Waals surface area (Å²) in [5.74, 6) is -0.590. The predicted molar refractivity (Wildman–Crippen MR) is 108 cm³/mol. The molecule has 174 valence electrons. The van der Waals surface area contributed by atoms with Gasteiger partial charge in [-0.25, -0.2) is 9.78 Å². The maximum atomic E-state index is 12.7. The van der Waals surface area contributed by atoms with Crippen molar-refractivity contribution in [2.75, 3.05) is 13.7 Å². The average molecular weight is 464 g/mol. The molecule has 0 saturated heterocycles. The highest BCUT2D eigenvalue weighted by Gasteiger charge is 2.30. The van der Waals surface area contributed by atoms with Gasteiger partial charge in [0.05, 0.1) is 12.7 Å². The van der Waals surface area contributed by atoms with Crippen molar-refractivity contribution in [2.24, 2.45) is 0 Å². The van der Waals surface area contributed by atoms with Gasteiger partial charge in [0.2, 0.25) is 5.89 Å². The lowest BCUT2D eigenvalue weighted by atomic mass is 10.1. The van der Waals surface area contributed by atoms with Crippen LogP contribution < -0.4 is 4.74 Å². The molecule has 0 atom stereocenters. The van der Waals surface area contributed by atoms with E-state index in [1.165, 1.54) is 18.4 Å². The SMILES string of the molecule is COC(=O)N(CC(=O)O)Cc1cccc(OCc2coc(-c3ccc(C(F)(F)F)cc3)n2)c1. The fraction of sp³-hybridized carbons (Fsp3) is 0.227. The first-order chi connectivity index (χ1) is 15.7. The lowest BCUT2D eigenvalue weighted by Gasteiger charge is -2.19. The second-order valence-electron chi connectivity index (χ2n) is 6.88. The Kier molecular flexibility index (Phi) is 7.21. The molecule has 0 spiro atoms. The molecule has 8 nitrogen and oxygen atoms in total. The van der Waals surface area contributed by atoms with Gasteiger partial charge in [0.25, 0.3) is 0 Å². The van der Waals surface area contributed by atoms with Crippen molar-refractivity contribution in [3.05, 3.63) is 71.6 Å². The smallest absolute Gasteiger partial charge is 0.416 e. The Balaban J connectivity index is 1.63. The van der Waals surface area contributed by atoms with Crippen LogP contribution in [0.25, 0.3) is 11.5 Å². The number of hydrogen-bond acceptors (Lipinski definition) is 6. The fourth-order valence-electron chi connectivity index (χ4n) is 2.90. The molecule has 0 radical (unpaired) electrons. The predicted octanol–water partition coefficient (Wildman–Crippen LogP) is 4.59. The fourth-order valence-corrected chi connectivity index (χ4v) is 2.90. The molecule has 0 bridgehead atoms. The standard InChI is InChI=1S/C22H19F3N2O6/c1-31-21(30)27(11-19(28)29)10-14-3-2-4-18(9-14)32-12-17-13-33-20(26-17)15-5-7-16(8-6-15)22(23,24)25/h2-9,13H,10-12H2,1H3,(H,28,29). The highest BCUT2D eigenvalue weighted by Crippen LogP contribution is 2.31. The molecule has 1 N–H and O–H groups in total. The van der Waals surface area contributed by atoms with Gasteiger partial charge >= 0.3 is 18.2 Å². The Morgan fingerprint density at radius 2 is 1.88 bits per heavy atom. The Hall–Kier alpha value is -4.02. The van der Waals surface area contributed by atoms with Crippen molar-refractivity contribution in [1.29, 1.82) is 0 Å². The minimum atomic E-state index is -4.43. The number of hydrogen-bond donors (Lipinski definition) is 1. The summed E-state index contributed by atoms with van der Waals surface area (Å²) in [6.07, 6.45) is -3.87. The summed E-state index contributed by atoms with van der Waals surface area (Å²) in [5, 5.41) is 8.96. The number of oxazole rings is 1. The van der Waals surface area contributed by atoms with Crippen LogP contribution in [0.5, 0.6) is 5.75 Å². The van der Waals surface area contributed by atoms with Gasteiger partial charge in [0.1, 0.15) is 30.9 Å². The molecule has 3 rings (SSSR count). The first-order valence-electron chi connectivity index (χ1n) is 9.54. The minimum absolute atomic E-state index is 0.00178. The number of aliphatic carboxylic acids is 1. The number of amides is 1. The van der Waals surface area contributed by atoms with Crippen molar-refractivity contribution >= 4 is 12.1 Å². The summed E-state index contributed by atoms with van der Waals surface area (Å²) in [7, 11) is 1.16. The first kappa shape index (κ1) is 23.6. The van der Waals surface area contributed by atoms with Gasteiger partial charge in [0, 0.05) is 12.1 Å². The van der Waals surface area contributed by atoms with Crippen molar-refractivity contribution < 1.29 is 41.8 Å². The Bertz CT molecular complexity index is 1110. The third-order valence-corrected chi connectivity index (χ3v) is 4.43. The third-order valence-electron chi connectivity index (χ3n) is 4.43. The van der Waals surface area contributed by atoms with Crippen molar-refractivity contribution in [1.82, 2.24) is 9.88 Å². The van der Waals surface area contributed by atoms with Crippen LogP contribution in [0.3, 0.4) is 0 Å². The number of carboxylic acids is 1. The van der Waals surface area contributed by atoms with Gasteiger partial charge in [0.15, 0.2) is 0 Å². The number of halogens is 3. The van der Waals surface area contributed by atoms with E-state index < -0.39 is 30.3 Å². The molecular weight excluding hydrogens is 445 g/mol. The monoisotopic (exact) mass is 464 g/mol. The van der Waals surface area contributed by atoms with Crippen LogP contribution in [-0.4, -0.2) is 40.7 Å². The lowest BCUT2D eigenvalue weighted by Crippen LogP contribution is -2.35. The summed E-state index contributed by atoms with van der Waals surface area (Å²) >= 11 is 0. The molecule has 1 heterocycles. The second kappa shape index (κ2) is 10.1. The Morgan fingerprint density at radius 3 is 2.52 bits per heavy atom. The number of carbonyl (C=O) groups is 2. The molecule has 0 aliphatic heterocycles. The van der Waals surface area contributed by atoms with Crippen molar-refractivity contribution in [2.45, 2.75) is 19.3 Å². The van der Waals surface area contributed by atoms with Gasteiger partial charge in [-0.05, 0) is 42.0 Å². The van der Waals surface area contributed by atoms with E-state index in [4.69, 9.17) is 14.3 Å². The summed E-state index contributed by atoms with van der Waals surface area (Å²) in [6.45, 7) is -0.509.